The predicted octanol–water partition coefficient (Wildman–Crippen LogP) is 2.51. The van der Waals surface area contributed by atoms with Gasteiger partial charge in [-0.3, -0.25) is 4.79 Å². The lowest BCUT2D eigenvalue weighted by Gasteiger charge is -2.35. The minimum absolute atomic E-state index is 0.0102. The van der Waals surface area contributed by atoms with Gasteiger partial charge in [-0.25, -0.2) is 19.2 Å². The molecule has 2 aromatic rings. The average molecular weight is 439 g/mol. The van der Waals surface area contributed by atoms with Gasteiger partial charge in [0.05, 0.1) is 43.2 Å². The second kappa shape index (κ2) is 11.4. The summed E-state index contributed by atoms with van der Waals surface area (Å²) < 4.78 is 18.8. The maximum Gasteiger partial charge on any atom is 0.358 e. The summed E-state index contributed by atoms with van der Waals surface area (Å²) in [6.45, 7) is 1.80. The Bertz CT molecular complexity index is 853. The number of carbonyl (C=O) groups is 2. The molecule has 0 radical (unpaired) electrons. The van der Waals surface area contributed by atoms with Crippen LogP contribution in [0.4, 0.5) is 10.2 Å². The SMILES string of the molecule is CCCC(c1cccc(F)c1Cl)N(CC(CO)NC=O)c1cnc(C(=O)OC)cn1. The number of amides is 1. The third-order valence-corrected chi connectivity index (χ3v) is 4.95. The Morgan fingerprint density at radius 1 is 1.40 bits per heavy atom. The Hall–Kier alpha value is -2.78. The molecular weight excluding hydrogens is 415 g/mol. The first kappa shape index (κ1) is 23.5. The number of aliphatic hydroxyl groups is 1. The first-order chi connectivity index (χ1) is 14.5. The Morgan fingerprint density at radius 3 is 2.73 bits per heavy atom. The lowest BCUT2D eigenvalue weighted by atomic mass is 9.99. The molecule has 1 amide bonds. The molecule has 0 spiro atoms. The smallest absolute Gasteiger partial charge is 0.358 e. The monoisotopic (exact) mass is 438 g/mol. The fraction of sp³-hybridized carbons (Fsp3) is 0.400. The molecule has 2 unspecified atom stereocenters. The molecular formula is C20H24ClFN4O4. The van der Waals surface area contributed by atoms with E-state index in [1.807, 2.05) is 6.92 Å². The number of esters is 1. The number of hydrogen-bond acceptors (Lipinski definition) is 7. The van der Waals surface area contributed by atoms with E-state index < -0.39 is 23.9 Å². The largest absolute Gasteiger partial charge is 0.464 e. The van der Waals surface area contributed by atoms with Crippen LogP contribution in [0.2, 0.25) is 5.02 Å². The standard InChI is InChI=1S/C20H24ClFN4O4/c1-3-5-17(14-6-4-7-15(22)19(14)21)26(10-13(11-27)25-12-28)18-9-23-16(8-24-18)20(29)30-2/h4,6-9,12-13,17,27H,3,5,10-11H2,1-2H3,(H,25,28). The molecule has 0 fully saturated rings. The van der Waals surface area contributed by atoms with Crippen molar-refractivity contribution in [3.05, 3.63) is 52.7 Å². The summed E-state index contributed by atoms with van der Waals surface area (Å²) in [6.07, 6.45) is 4.48. The van der Waals surface area contributed by atoms with Crippen LogP contribution in [0.3, 0.4) is 0 Å². The van der Waals surface area contributed by atoms with Crippen LogP contribution in [0.15, 0.2) is 30.6 Å². The molecule has 0 bridgehead atoms. The van der Waals surface area contributed by atoms with E-state index in [-0.39, 0.29) is 23.9 Å². The molecule has 8 nitrogen and oxygen atoms in total. The highest BCUT2D eigenvalue weighted by Crippen LogP contribution is 2.35. The maximum atomic E-state index is 14.1. The molecule has 162 valence electrons. The van der Waals surface area contributed by atoms with E-state index in [2.05, 4.69) is 20.0 Å². The first-order valence-corrected chi connectivity index (χ1v) is 9.76. The van der Waals surface area contributed by atoms with Crippen molar-refractivity contribution in [3.8, 4) is 0 Å². The number of ether oxygens (including phenoxy) is 1. The van der Waals surface area contributed by atoms with Crippen molar-refractivity contribution >= 4 is 29.8 Å². The van der Waals surface area contributed by atoms with E-state index in [9.17, 15) is 19.1 Å². The number of aromatic nitrogens is 2. The maximum absolute atomic E-state index is 14.1. The Labute approximate surface area is 179 Å². The van der Waals surface area contributed by atoms with Gasteiger partial charge in [0.1, 0.15) is 11.6 Å². The summed E-state index contributed by atoms with van der Waals surface area (Å²) in [7, 11) is 1.24. The van der Waals surface area contributed by atoms with Crippen molar-refractivity contribution in [2.24, 2.45) is 0 Å². The van der Waals surface area contributed by atoms with Crippen molar-refractivity contribution in [1.29, 1.82) is 0 Å². The lowest BCUT2D eigenvalue weighted by Crippen LogP contribution is -2.45. The number of methoxy groups -OCH3 is 1. The molecule has 0 saturated heterocycles. The topological polar surface area (TPSA) is 105 Å². The highest BCUT2D eigenvalue weighted by molar-refractivity contribution is 6.31. The van der Waals surface area contributed by atoms with Gasteiger partial charge in [0.15, 0.2) is 5.69 Å². The summed E-state index contributed by atoms with van der Waals surface area (Å²) in [5.74, 6) is -0.811. The number of carbonyl (C=O) groups excluding carboxylic acids is 2. The minimum atomic E-state index is -0.630. The van der Waals surface area contributed by atoms with Crippen molar-refractivity contribution < 1.29 is 23.8 Å². The number of halogens is 2. The van der Waals surface area contributed by atoms with E-state index in [4.69, 9.17) is 11.6 Å². The van der Waals surface area contributed by atoms with E-state index in [1.165, 1.54) is 25.6 Å². The van der Waals surface area contributed by atoms with Crippen molar-refractivity contribution in [1.82, 2.24) is 15.3 Å². The number of aliphatic hydroxyl groups excluding tert-OH is 1. The summed E-state index contributed by atoms with van der Waals surface area (Å²) in [5.41, 5.74) is 0.571. The molecule has 1 aromatic heterocycles. The van der Waals surface area contributed by atoms with Crippen LogP contribution in [0.1, 0.15) is 41.9 Å². The van der Waals surface area contributed by atoms with Crippen molar-refractivity contribution in [2.75, 3.05) is 25.2 Å². The number of rotatable bonds is 11. The van der Waals surface area contributed by atoms with E-state index >= 15 is 0 Å². The average Bonchev–Trinajstić information content (AvgIpc) is 2.77. The zero-order chi connectivity index (χ0) is 22.1. The molecule has 0 aliphatic heterocycles. The number of hydrogen-bond donors (Lipinski definition) is 2. The van der Waals surface area contributed by atoms with E-state index in [0.717, 1.165) is 6.42 Å². The van der Waals surface area contributed by atoms with Crippen LogP contribution in [0, 0.1) is 5.82 Å². The van der Waals surface area contributed by atoms with Crippen LogP contribution in [0.5, 0.6) is 0 Å². The zero-order valence-corrected chi connectivity index (χ0v) is 17.5. The Morgan fingerprint density at radius 2 is 2.17 bits per heavy atom. The normalized spacial score (nSPS) is 12.7. The molecule has 0 aliphatic carbocycles. The molecule has 0 aliphatic rings. The lowest BCUT2D eigenvalue weighted by molar-refractivity contribution is -0.110. The predicted molar refractivity (Wildman–Crippen MR) is 110 cm³/mol. The van der Waals surface area contributed by atoms with Gasteiger partial charge in [-0.2, -0.15) is 0 Å². The van der Waals surface area contributed by atoms with Crippen LogP contribution in [-0.2, 0) is 9.53 Å². The van der Waals surface area contributed by atoms with Gasteiger partial charge in [0, 0.05) is 6.54 Å². The van der Waals surface area contributed by atoms with Crippen molar-refractivity contribution in [3.63, 3.8) is 0 Å². The zero-order valence-electron chi connectivity index (χ0n) is 16.7. The molecule has 10 heteroatoms. The molecule has 1 aromatic carbocycles. The van der Waals surface area contributed by atoms with Crippen LogP contribution in [-0.4, -0.2) is 53.8 Å². The summed E-state index contributed by atoms with van der Waals surface area (Å²) in [6, 6.07) is 3.52. The quantitative estimate of drug-likeness (QED) is 0.410. The fourth-order valence-electron chi connectivity index (χ4n) is 3.09. The molecule has 2 N–H and O–H groups in total. The number of benzene rings is 1. The Balaban J connectivity index is 2.52. The highest BCUT2D eigenvalue weighted by Gasteiger charge is 2.27. The summed E-state index contributed by atoms with van der Waals surface area (Å²) in [4.78, 5) is 32.7. The molecule has 1 heterocycles. The third kappa shape index (κ3) is 5.64. The Kier molecular flexibility index (Phi) is 8.94. The molecule has 0 saturated carbocycles. The highest BCUT2D eigenvalue weighted by atomic mass is 35.5. The second-order valence-electron chi connectivity index (χ2n) is 6.52. The van der Waals surface area contributed by atoms with Gasteiger partial charge >= 0.3 is 5.97 Å². The van der Waals surface area contributed by atoms with Gasteiger partial charge in [0.2, 0.25) is 6.41 Å². The third-order valence-electron chi connectivity index (χ3n) is 4.55. The van der Waals surface area contributed by atoms with Crippen molar-refractivity contribution in [2.45, 2.75) is 31.8 Å². The summed E-state index contributed by atoms with van der Waals surface area (Å²) >= 11 is 6.25. The molecule has 2 atom stereocenters. The number of nitrogens with one attached hydrogen (secondary N) is 1. The second-order valence-corrected chi connectivity index (χ2v) is 6.89. The molecule has 30 heavy (non-hydrogen) atoms. The van der Waals surface area contributed by atoms with Gasteiger partial charge in [-0.15, -0.1) is 0 Å². The van der Waals surface area contributed by atoms with Gasteiger partial charge in [-0.1, -0.05) is 37.1 Å². The number of nitrogens with zero attached hydrogens (tertiary/aromatic N) is 3. The van der Waals surface area contributed by atoms with Crippen LogP contribution < -0.4 is 10.2 Å². The van der Waals surface area contributed by atoms with Gasteiger partial charge < -0.3 is 20.1 Å². The first-order valence-electron chi connectivity index (χ1n) is 9.38. The van der Waals surface area contributed by atoms with Crippen LogP contribution in [0.25, 0.3) is 0 Å². The fourth-order valence-corrected chi connectivity index (χ4v) is 3.34. The van der Waals surface area contributed by atoms with E-state index in [1.54, 1.807) is 17.0 Å². The van der Waals surface area contributed by atoms with Gasteiger partial charge in [-0.05, 0) is 18.1 Å². The van der Waals surface area contributed by atoms with E-state index in [0.29, 0.717) is 24.2 Å². The molecule has 2 rings (SSSR count). The minimum Gasteiger partial charge on any atom is -0.464 e. The number of anilines is 1. The van der Waals surface area contributed by atoms with Crippen LogP contribution >= 0.6 is 11.6 Å². The van der Waals surface area contributed by atoms with Gasteiger partial charge in [0.25, 0.3) is 0 Å². The summed E-state index contributed by atoms with van der Waals surface area (Å²) in [5, 5.41) is 12.2.